The molecule has 0 aliphatic carbocycles. The largest absolute Gasteiger partial charge is 0.481 e. The zero-order valence-corrected chi connectivity index (χ0v) is 7.82. The lowest BCUT2D eigenvalue weighted by Crippen LogP contribution is -2.22. The van der Waals surface area contributed by atoms with Crippen LogP contribution in [0.1, 0.15) is 13.3 Å². The molecule has 8 heteroatoms. The third-order valence-electron chi connectivity index (χ3n) is 1.01. The van der Waals surface area contributed by atoms with Crippen LogP contribution in [0.2, 0.25) is 0 Å². The molecule has 0 bridgehead atoms. The van der Waals surface area contributed by atoms with Crippen molar-refractivity contribution in [3.63, 3.8) is 0 Å². The third-order valence-corrected chi connectivity index (χ3v) is 1.01. The highest BCUT2D eigenvalue weighted by Gasteiger charge is 2.16. The highest BCUT2D eigenvalue weighted by atomic mass is 16.4. The summed E-state index contributed by atoms with van der Waals surface area (Å²) in [5.41, 5.74) is 0. The van der Waals surface area contributed by atoms with Gasteiger partial charge in [0.1, 0.15) is 6.10 Å². The maximum absolute atomic E-state index is 9.72. The van der Waals surface area contributed by atoms with Crippen molar-refractivity contribution in [3.05, 3.63) is 0 Å². The molecule has 0 amide bonds. The molecule has 0 radical (unpaired) electrons. The second kappa shape index (κ2) is 7.71. The minimum Gasteiger partial charge on any atom is -0.481 e. The summed E-state index contributed by atoms with van der Waals surface area (Å²) in [6, 6.07) is 0. The summed E-state index contributed by atoms with van der Waals surface area (Å²) < 4.78 is 0. The van der Waals surface area contributed by atoms with Crippen LogP contribution in [0.3, 0.4) is 0 Å². The van der Waals surface area contributed by atoms with Gasteiger partial charge in [0, 0.05) is 0 Å². The number of carboxylic acid groups (broad SMARTS) is 3. The number of carboxylic acids is 3. The summed E-state index contributed by atoms with van der Waals surface area (Å²) in [4.78, 5) is 28.9. The average Bonchev–Trinajstić information content (AvgIpc) is 2.03. The summed E-state index contributed by atoms with van der Waals surface area (Å²) >= 11 is 0. The molecule has 0 spiro atoms. The van der Waals surface area contributed by atoms with E-state index in [2.05, 4.69) is 0 Å². The van der Waals surface area contributed by atoms with E-state index in [9.17, 15) is 14.4 Å². The van der Waals surface area contributed by atoms with Crippen LogP contribution in [-0.4, -0.2) is 55.6 Å². The van der Waals surface area contributed by atoms with Crippen molar-refractivity contribution in [2.75, 3.05) is 0 Å². The van der Waals surface area contributed by atoms with Crippen LogP contribution < -0.4 is 0 Å². The van der Waals surface area contributed by atoms with E-state index in [0.29, 0.717) is 0 Å². The van der Waals surface area contributed by atoms with Crippen LogP contribution in [0, 0.1) is 0 Å². The van der Waals surface area contributed by atoms with Gasteiger partial charge in [-0.2, -0.15) is 0 Å². The molecule has 0 unspecified atom stereocenters. The minimum atomic E-state index is -1.79. The number of aliphatic carboxylic acids is 3. The Morgan fingerprint density at radius 3 is 1.40 bits per heavy atom. The van der Waals surface area contributed by atoms with Crippen molar-refractivity contribution in [1.29, 1.82) is 0 Å². The maximum Gasteiger partial charge on any atom is 0.333 e. The standard InChI is InChI=1S/C4H6O5.C3H6O3/c5-2(4(8)9)1-3(6)7;1-2(4)3(5)6/h2,5H,1H2,(H,6,7)(H,8,9);2,4H,1H3,(H,5,6)/t2*2-/m00/s1. The highest BCUT2D eigenvalue weighted by Crippen LogP contribution is 1.89. The van der Waals surface area contributed by atoms with Crippen LogP contribution >= 0.6 is 0 Å². The zero-order valence-electron chi connectivity index (χ0n) is 7.82. The Morgan fingerprint density at radius 1 is 1.00 bits per heavy atom. The van der Waals surface area contributed by atoms with E-state index >= 15 is 0 Å². The molecule has 0 saturated carbocycles. The fraction of sp³-hybridized carbons (Fsp3) is 0.571. The van der Waals surface area contributed by atoms with Crippen LogP contribution in [0.15, 0.2) is 0 Å². The van der Waals surface area contributed by atoms with Gasteiger partial charge in [-0.05, 0) is 6.92 Å². The molecular weight excluding hydrogens is 212 g/mol. The highest BCUT2D eigenvalue weighted by molar-refractivity contribution is 5.79. The lowest BCUT2D eigenvalue weighted by molar-refractivity contribution is -0.152. The van der Waals surface area contributed by atoms with E-state index in [1.165, 1.54) is 6.92 Å². The Bertz CT molecular complexity index is 233. The fourth-order valence-corrected chi connectivity index (χ4v) is 0.253. The average molecular weight is 224 g/mol. The van der Waals surface area contributed by atoms with Crippen LogP contribution in [-0.2, 0) is 14.4 Å². The van der Waals surface area contributed by atoms with Crippen molar-refractivity contribution >= 4 is 17.9 Å². The smallest absolute Gasteiger partial charge is 0.333 e. The second-order valence-corrected chi connectivity index (χ2v) is 2.47. The lowest BCUT2D eigenvalue weighted by atomic mass is 10.3. The maximum atomic E-state index is 9.72. The van der Waals surface area contributed by atoms with Crippen LogP contribution in [0.4, 0.5) is 0 Å². The normalized spacial score (nSPS) is 13.0. The molecule has 15 heavy (non-hydrogen) atoms. The summed E-state index contributed by atoms with van der Waals surface area (Å²) in [6.45, 7) is 1.20. The predicted octanol–water partition coefficient (Wildman–Crippen LogP) is -1.64. The third kappa shape index (κ3) is 12.3. The molecule has 0 fully saturated rings. The molecule has 88 valence electrons. The molecule has 0 aliphatic rings. The van der Waals surface area contributed by atoms with Gasteiger partial charge >= 0.3 is 17.9 Å². The van der Waals surface area contributed by atoms with E-state index in [0.717, 1.165) is 0 Å². The number of aliphatic hydroxyl groups excluding tert-OH is 2. The number of aliphatic hydroxyl groups is 2. The van der Waals surface area contributed by atoms with Crippen molar-refractivity contribution in [1.82, 2.24) is 0 Å². The Kier molecular flexibility index (Phi) is 8.11. The van der Waals surface area contributed by atoms with E-state index in [1.807, 2.05) is 0 Å². The van der Waals surface area contributed by atoms with Gasteiger partial charge in [-0.1, -0.05) is 0 Å². The molecule has 0 aromatic rings. The first kappa shape index (κ1) is 15.8. The number of hydrogen-bond acceptors (Lipinski definition) is 5. The van der Waals surface area contributed by atoms with Crippen molar-refractivity contribution in [3.8, 4) is 0 Å². The first-order valence-electron chi connectivity index (χ1n) is 3.72. The first-order valence-corrected chi connectivity index (χ1v) is 3.72. The van der Waals surface area contributed by atoms with Gasteiger partial charge in [0.25, 0.3) is 0 Å². The van der Waals surface area contributed by atoms with Gasteiger partial charge < -0.3 is 25.5 Å². The van der Waals surface area contributed by atoms with Gasteiger partial charge in [0.15, 0.2) is 6.10 Å². The number of carbonyl (C=O) groups is 3. The monoisotopic (exact) mass is 224 g/mol. The summed E-state index contributed by atoms with van der Waals surface area (Å²) in [6.07, 6.45) is -3.78. The minimum absolute atomic E-state index is 0.755. The van der Waals surface area contributed by atoms with Gasteiger partial charge in [0.2, 0.25) is 0 Å². The van der Waals surface area contributed by atoms with E-state index in [-0.39, 0.29) is 0 Å². The number of hydrogen-bond donors (Lipinski definition) is 5. The molecule has 0 rings (SSSR count). The molecule has 5 N–H and O–H groups in total. The SMILES string of the molecule is C[C@H](O)C(=O)O.O=C(O)C[C@H](O)C(=O)O. The fourth-order valence-electron chi connectivity index (χ4n) is 0.253. The molecule has 0 aromatic carbocycles. The molecule has 0 saturated heterocycles. The van der Waals surface area contributed by atoms with Gasteiger partial charge in [0.05, 0.1) is 6.42 Å². The Balaban J connectivity index is 0. The Labute approximate surface area is 84.4 Å². The van der Waals surface area contributed by atoms with Crippen molar-refractivity contribution in [2.24, 2.45) is 0 Å². The van der Waals surface area contributed by atoms with E-state index < -0.39 is 36.5 Å². The van der Waals surface area contributed by atoms with E-state index in [1.54, 1.807) is 0 Å². The van der Waals surface area contributed by atoms with Crippen molar-refractivity contribution in [2.45, 2.75) is 25.6 Å². The van der Waals surface area contributed by atoms with Gasteiger partial charge in [-0.15, -0.1) is 0 Å². The molecule has 0 heterocycles. The molecular formula is C7H12O8. The first-order chi connectivity index (χ1) is 6.68. The topological polar surface area (TPSA) is 152 Å². The quantitative estimate of drug-likeness (QED) is 0.381. The summed E-state index contributed by atoms with van der Waals surface area (Å²) in [5, 5.41) is 39.9. The Hall–Kier alpha value is -1.67. The Morgan fingerprint density at radius 2 is 1.33 bits per heavy atom. The number of rotatable bonds is 4. The summed E-state index contributed by atoms with van der Waals surface area (Å²) in [7, 11) is 0. The summed E-state index contributed by atoms with van der Waals surface area (Å²) in [5.74, 6) is -4.03. The van der Waals surface area contributed by atoms with Gasteiger partial charge in [-0.25, -0.2) is 9.59 Å². The second-order valence-electron chi connectivity index (χ2n) is 2.47. The molecule has 0 aromatic heterocycles. The predicted molar refractivity (Wildman–Crippen MR) is 45.2 cm³/mol. The molecule has 8 nitrogen and oxygen atoms in total. The van der Waals surface area contributed by atoms with Crippen LogP contribution in [0.5, 0.6) is 0 Å². The molecule has 2 atom stereocenters. The lowest BCUT2D eigenvalue weighted by Gasteiger charge is -1.97. The van der Waals surface area contributed by atoms with Crippen molar-refractivity contribution < 1.29 is 39.9 Å². The van der Waals surface area contributed by atoms with E-state index in [4.69, 9.17) is 25.5 Å². The van der Waals surface area contributed by atoms with Crippen LogP contribution in [0.25, 0.3) is 0 Å². The molecule has 0 aliphatic heterocycles. The van der Waals surface area contributed by atoms with Gasteiger partial charge in [-0.3, -0.25) is 4.79 Å². The zero-order chi connectivity index (χ0) is 12.6.